The fourth-order valence-electron chi connectivity index (χ4n) is 4.39. The normalized spacial score (nSPS) is 17.1. The first-order valence-electron chi connectivity index (χ1n) is 10.7. The second kappa shape index (κ2) is 9.08. The Bertz CT molecular complexity index is 1400. The number of carbonyl (C=O) groups excluding carboxylic acids is 1. The summed E-state index contributed by atoms with van der Waals surface area (Å²) in [7, 11) is 0. The molecule has 1 aromatic heterocycles. The van der Waals surface area contributed by atoms with Gasteiger partial charge in [-0.2, -0.15) is 0 Å². The molecule has 1 aliphatic heterocycles. The lowest BCUT2D eigenvalue weighted by atomic mass is 9.76. The number of aromatic amines is 1. The molecule has 0 radical (unpaired) electrons. The molecule has 5 rings (SSSR count). The minimum Gasteiger partial charge on any atom is -0.343 e. The molecule has 0 bridgehead atoms. The van der Waals surface area contributed by atoms with E-state index in [0.717, 1.165) is 11.3 Å². The summed E-state index contributed by atoms with van der Waals surface area (Å²) >= 11 is 7.60. The number of Topliss-reactive ketones (excluding diaryl/α,β-unsaturated/α-hetero) is 1. The Morgan fingerprint density at radius 3 is 2.62 bits per heavy atom. The number of non-ortho nitro benzene ring substituents is 1. The Morgan fingerprint density at radius 1 is 1.12 bits per heavy atom. The maximum absolute atomic E-state index is 13.3. The molecular formula is C24H19ClN4O4S. The average molecular weight is 495 g/mol. The average Bonchev–Trinajstić information content (AvgIpc) is 2.82. The number of benzene rings is 2. The first-order valence-corrected chi connectivity index (χ1v) is 12.1. The first kappa shape index (κ1) is 22.4. The minimum atomic E-state index is -0.640. The quantitative estimate of drug-likeness (QED) is 0.217. The molecule has 2 N–H and O–H groups in total. The number of nitrogens with zero attached hydrogens (tertiary/aromatic N) is 2. The van der Waals surface area contributed by atoms with Crippen LogP contribution in [0, 0.1) is 10.1 Å². The zero-order valence-electron chi connectivity index (χ0n) is 17.8. The molecule has 0 unspecified atom stereocenters. The van der Waals surface area contributed by atoms with E-state index in [-0.39, 0.29) is 17.0 Å². The zero-order valence-corrected chi connectivity index (χ0v) is 19.4. The summed E-state index contributed by atoms with van der Waals surface area (Å²) in [6.07, 6.45) is 1.78. The van der Waals surface area contributed by atoms with Crippen LogP contribution in [0.25, 0.3) is 0 Å². The number of nitro groups is 1. The van der Waals surface area contributed by atoms with Crippen LogP contribution < -0.4 is 10.9 Å². The third kappa shape index (κ3) is 4.12. The lowest BCUT2D eigenvalue weighted by molar-refractivity contribution is -0.384. The Balaban J connectivity index is 1.56. The topological polar surface area (TPSA) is 118 Å². The standard InChI is InChI=1S/C24H19ClN4O4S/c25-16-5-2-1-4-14(16)12-34-24-27-22-21(23(31)28-24)19(13-8-10-15(11-9-13)29(32)33)20-17(26-22)6-3-7-18(20)30/h1-2,4-5,8-11,19H,3,6-7,12H2,(H2,26,27,28,31)/t19-/m1/s1. The number of nitro benzene ring substituents is 1. The summed E-state index contributed by atoms with van der Waals surface area (Å²) in [6.45, 7) is 0. The molecule has 34 heavy (non-hydrogen) atoms. The third-order valence-corrected chi connectivity index (χ3v) is 7.29. The van der Waals surface area contributed by atoms with Gasteiger partial charge in [-0.1, -0.05) is 53.7 Å². The molecule has 0 saturated carbocycles. The molecule has 2 aliphatic rings. The molecule has 2 heterocycles. The summed E-state index contributed by atoms with van der Waals surface area (Å²) in [6, 6.07) is 13.5. The molecule has 8 nitrogen and oxygen atoms in total. The van der Waals surface area contributed by atoms with Gasteiger partial charge in [0, 0.05) is 46.5 Å². The van der Waals surface area contributed by atoms with Gasteiger partial charge >= 0.3 is 0 Å². The number of carbonyl (C=O) groups is 1. The largest absolute Gasteiger partial charge is 0.343 e. The number of anilines is 1. The van der Waals surface area contributed by atoms with E-state index in [1.54, 1.807) is 12.1 Å². The maximum atomic E-state index is 13.3. The van der Waals surface area contributed by atoms with E-state index in [2.05, 4.69) is 15.3 Å². The summed E-state index contributed by atoms with van der Waals surface area (Å²) in [4.78, 5) is 44.3. The molecule has 0 fully saturated rings. The van der Waals surface area contributed by atoms with E-state index in [0.29, 0.717) is 57.7 Å². The second-order valence-electron chi connectivity index (χ2n) is 8.09. The van der Waals surface area contributed by atoms with E-state index < -0.39 is 10.8 Å². The highest BCUT2D eigenvalue weighted by molar-refractivity contribution is 7.98. The van der Waals surface area contributed by atoms with E-state index in [1.165, 1.54) is 23.9 Å². The number of H-pyrrole nitrogens is 1. The van der Waals surface area contributed by atoms with Gasteiger partial charge in [-0.3, -0.25) is 19.7 Å². The van der Waals surface area contributed by atoms with Gasteiger partial charge in [0.2, 0.25) is 0 Å². The van der Waals surface area contributed by atoms with Crippen molar-refractivity contribution in [3.8, 4) is 0 Å². The highest BCUT2D eigenvalue weighted by atomic mass is 35.5. The second-order valence-corrected chi connectivity index (χ2v) is 9.46. The van der Waals surface area contributed by atoms with Crippen molar-refractivity contribution in [3.05, 3.63) is 102 Å². The Morgan fingerprint density at radius 2 is 1.88 bits per heavy atom. The summed E-state index contributed by atoms with van der Waals surface area (Å²) in [5.74, 6) is 0.264. The van der Waals surface area contributed by atoms with Crippen LogP contribution in [0.2, 0.25) is 5.02 Å². The van der Waals surface area contributed by atoms with Gasteiger partial charge in [-0.25, -0.2) is 4.98 Å². The Kier molecular flexibility index (Phi) is 5.97. The van der Waals surface area contributed by atoms with Crippen LogP contribution in [-0.2, 0) is 10.5 Å². The van der Waals surface area contributed by atoms with E-state index in [4.69, 9.17) is 11.6 Å². The number of ketones is 1. The number of rotatable bonds is 5. The highest BCUT2D eigenvalue weighted by Gasteiger charge is 2.38. The van der Waals surface area contributed by atoms with Crippen LogP contribution in [0.1, 0.15) is 41.9 Å². The van der Waals surface area contributed by atoms with Crippen molar-refractivity contribution in [3.63, 3.8) is 0 Å². The predicted octanol–water partition coefficient (Wildman–Crippen LogP) is 5.19. The smallest absolute Gasteiger partial charge is 0.269 e. The van der Waals surface area contributed by atoms with Crippen molar-refractivity contribution in [2.45, 2.75) is 36.1 Å². The van der Waals surface area contributed by atoms with Crippen molar-refractivity contribution in [1.29, 1.82) is 0 Å². The van der Waals surface area contributed by atoms with Gasteiger partial charge in [-0.05, 0) is 30.0 Å². The van der Waals surface area contributed by atoms with Crippen molar-refractivity contribution < 1.29 is 9.72 Å². The van der Waals surface area contributed by atoms with Gasteiger partial charge < -0.3 is 10.3 Å². The van der Waals surface area contributed by atoms with E-state index in [9.17, 15) is 19.7 Å². The molecule has 0 saturated heterocycles. The summed E-state index contributed by atoms with van der Waals surface area (Å²) in [5.41, 5.74) is 2.79. The molecule has 10 heteroatoms. The van der Waals surface area contributed by atoms with Gasteiger partial charge in [0.25, 0.3) is 11.2 Å². The van der Waals surface area contributed by atoms with Crippen molar-refractivity contribution >= 4 is 40.7 Å². The fraction of sp³-hybridized carbons (Fsp3) is 0.208. The van der Waals surface area contributed by atoms with E-state index >= 15 is 0 Å². The lowest BCUT2D eigenvalue weighted by Crippen LogP contribution is -2.32. The molecule has 1 aliphatic carbocycles. The number of halogens is 1. The van der Waals surface area contributed by atoms with Crippen molar-refractivity contribution in [2.75, 3.05) is 5.32 Å². The predicted molar refractivity (Wildman–Crippen MR) is 130 cm³/mol. The lowest BCUT2D eigenvalue weighted by Gasteiger charge is -2.32. The van der Waals surface area contributed by atoms with Gasteiger partial charge in [0.15, 0.2) is 10.9 Å². The van der Waals surface area contributed by atoms with Crippen molar-refractivity contribution in [2.24, 2.45) is 0 Å². The highest BCUT2D eigenvalue weighted by Crippen LogP contribution is 2.43. The molecule has 0 spiro atoms. The van der Waals surface area contributed by atoms with Crippen LogP contribution in [-0.4, -0.2) is 20.7 Å². The number of thioether (sulfide) groups is 1. The van der Waals surface area contributed by atoms with Crippen LogP contribution in [0.15, 0.2) is 69.8 Å². The Hall–Kier alpha value is -3.43. The number of aromatic nitrogens is 2. The minimum absolute atomic E-state index is 0.0284. The van der Waals surface area contributed by atoms with Crippen LogP contribution in [0.3, 0.4) is 0 Å². The monoisotopic (exact) mass is 494 g/mol. The molecule has 2 aromatic carbocycles. The van der Waals surface area contributed by atoms with Gasteiger partial charge in [0.1, 0.15) is 5.82 Å². The fourth-order valence-corrected chi connectivity index (χ4v) is 5.54. The van der Waals surface area contributed by atoms with Crippen LogP contribution >= 0.6 is 23.4 Å². The van der Waals surface area contributed by atoms with E-state index in [1.807, 2.05) is 24.3 Å². The van der Waals surface area contributed by atoms with Gasteiger partial charge in [-0.15, -0.1) is 0 Å². The zero-order chi connectivity index (χ0) is 23.8. The summed E-state index contributed by atoms with van der Waals surface area (Å²) < 4.78 is 0. The first-order chi connectivity index (χ1) is 16.4. The Labute approximate surface area is 203 Å². The third-order valence-electron chi connectivity index (χ3n) is 6.00. The number of hydrogen-bond donors (Lipinski definition) is 2. The number of nitrogens with one attached hydrogen (secondary N) is 2. The van der Waals surface area contributed by atoms with Crippen LogP contribution in [0.4, 0.5) is 11.5 Å². The molecule has 1 atom stereocenters. The number of hydrogen-bond acceptors (Lipinski definition) is 7. The van der Waals surface area contributed by atoms with Gasteiger partial charge in [0.05, 0.1) is 10.5 Å². The van der Waals surface area contributed by atoms with Crippen molar-refractivity contribution in [1.82, 2.24) is 9.97 Å². The number of fused-ring (bicyclic) bond motifs is 1. The maximum Gasteiger partial charge on any atom is 0.269 e. The number of allylic oxidation sites excluding steroid dienone is 2. The van der Waals surface area contributed by atoms with Crippen LogP contribution in [0.5, 0.6) is 0 Å². The molecular weight excluding hydrogens is 476 g/mol. The summed E-state index contributed by atoms with van der Waals surface area (Å²) in [5, 5.41) is 15.4. The molecule has 3 aromatic rings. The SMILES string of the molecule is O=C1CCCC2=C1[C@@H](c1ccc([N+](=O)[O-])cc1)c1c(nc(SCc3ccccc3Cl)[nH]c1=O)N2. The molecule has 172 valence electrons. The molecule has 0 amide bonds.